The maximum absolute atomic E-state index is 12.5. The Kier molecular flexibility index (Phi) is 4.04. The van der Waals surface area contributed by atoms with Crippen molar-refractivity contribution >= 4 is 5.91 Å². The number of aliphatic hydroxyl groups is 1. The van der Waals surface area contributed by atoms with Crippen molar-refractivity contribution in [2.75, 3.05) is 6.54 Å². The minimum atomic E-state index is -4.76. The molecule has 1 saturated heterocycles. The lowest BCUT2D eigenvalue weighted by molar-refractivity contribution is -0.218. The first-order valence-corrected chi connectivity index (χ1v) is 6.42. The van der Waals surface area contributed by atoms with Crippen molar-refractivity contribution in [3.63, 3.8) is 0 Å². The van der Waals surface area contributed by atoms with Crippen molar-refractivity contribution in [2.45, 2.75) is 31.7 Å². The molecule has 1 aliphatic rings. The van der Waals surface area contributed by atoms with Gasteiger partial charge in [0.05, 0.1) is 12.0 Å². The summed E-state index contributed by atoms with van der Waals surface area (Å²) in [7, 11) is 0. The molecule has 2 unspecified atom stereocenters. The molecular weight excluding hydrogens is 271 g/mol. The number of benzene rings is 1. The summed E-state index contributed by atoms with van der Waals surface area (Å²) in [5, 5.41) is 9.25. The van der Waals surface area contributed by atoms with Crippen molar-refractivity contribution < 1.29 is 23.1 Å². The van der Waals surface area contributed by atoms with Gasteiger partial charge in [-0.2, -0.15) is 13.2 Å². The molecule has 1 heterocycles. The van der Waals surface area contributed by atoms with E-state index < -0.39 is 24.1 Å². The Morgan fingerprint density at radius 2 is 1.90 bits per heavy atom. The van der Waals surface area contributed by atoms with Crippen LogP contribution in [0.3, 0.4) is 0 Å². The fourth-order valence-electron chi connectivity index (χ4n) is 2.54. The minimum absolute atomic E-state index is 0.0245. The van der Waals surface area contributed by atoms with Gasteiger partial charge in [0.25, 0.3) is 0 Å². The number of amides is 1. The summed E-state index contributed by atoms with van der Waals surface area (Å²) < 4.78 is 37.5. The lowest BCUT2D eigenvalue weighted by Gasteiger charge is -2.26. The summed E-state index contributed by atoms with van der Waals surface area (Å²) in [6.45, 7) is 2.00. The van der Waals surface area contributed by atoms with Crippen molar-refractivity contribution in [2.24, 2.45) is 5.92 Å². The van der Waals surface area contributed by atoms with E-state index in [2.05, 4.69) is 0 Å². The van der Waals surface area contributed by atoms with Crippen LogP contribution in [0, 0.1) is 5.92 Å². The number of halogens is 3. The molecule has 1 amide bonds. The third kappa shape index (κ3) is 2.80. The van der Waals surface area contributed by atoms with Gasteiger partial charge in [-0.1, -0.05) is 30.3 Å². The molecule has 6 heteroatoms. The van der Waals surface area contributed by atoms with Gasteiger partial charge in [-0.25, -0.2) is 0 Å². The average Bonchev–Trinajstić information content (AvgIpc) is 2.78. The Balaban J connectivity index is 2.12. The molecule has 0 radical (unpaired) electrons. The van der Waals surface area contributed by atoms with E-state index in [-0.39, 0.29) is 19.0 Å². The Morgan fingerprint density at radius 3 is 2.45 bits per heavy atom. The third-order valence-corrected chi connectivity index (χ3v) is 3.75. The van der Waals surface area contributed by atoms with Gasteiger partial charge in [-0.3, -0.25) is 4.79 Å². The maximum atomic E-state index is 12.5. The second kappa shape index (κ2) is 5.44. The summed E-state index contributed by atoms with van der Waals surface area (Å²) in [6.07, 6.45) is -7.31. The van der Waals surface area contributed by atoms with Crippen LogP contribution in [0.4, 0.5) is 13.2 Å². The topological polar surface area (TPSA) is 40.5 Å². The van der Waals surface area contributed by atoms with Crippen molar-refractivity contribution in [3.8, 4) is 0 Å². The monoisotopic (exact) mass is 287 g/mol. The molecule has 1 N–H and O–H groups in total. The summed E-state index contributed by atoms with van der Waals surface area (Å²) >= 11 is 0. The van der Waals surface area contributed by atoms with E-state index >= 15 is 0 Å². The highest BCUT2D eigenvalue weighted by atomic mass is 19.4. The minimum Gasteiger partial charge on any atom is -0.383 e. The van der Waals surface area contributed by atoms with E-state index in [9.17, 15) is 23.1 Å². The van der Waals surface area contributed by atoms with E-state index in [0.29, 0.717) is 0 Å². The fraction of sp³-hybridized carbons (Fsp3) is 0.500. The van der Waals surface area contributed by atoms with Crippen molar-refractivity contribution in [3.05, 3.63) is 35.9 Å². The second-order valence-corrected chi connectivity index (χ2v) is 5.00. The van der Waals surface area contributed by atoms with Gasteiger partial charge < -0.3 is 10.0 Å². The molecule has 0 aliphatic carbocycles. The summed E-state index contributed by atoms with van der Waals surface area (Å²) in [6, 6.07) is 8.81. The van der Waals surface area contributed by atoms with Crippen LogP contribution < -0.4 is 0 Å². The molecule has 1 aromatic rings. The summed E-state index contributed by atoms with van der Waals surface area (Å²) in [5.41, 5.74) is 0.864. The van der Waals surface area contributed by atoms with Gasteiger partial charge in [0.15, 0.2) is 6.10 Å². The largest absolute Gasteiger partial charge is 0.415 e. The van der Waals surface area contributed by atoms with Gasteiger partial charge in [-0.05, 0) is 18.9 Å². The van der Waals surface area contributed by atoms with Crippen LogP contribution in [0.5, 0.6) is 0 Å². The van der Waals surface area contributed by atoms with Crippen LogP contribution in [-0.2, 0) is 4.79 Å². The molecule has 3 nitrogen and oxygen atoms in total. The number of carbonyl (C=O) groups is 1. The SMILES string of the molecule is C[C@H](c1ccccc1)N1CCC(C(O)C(F)(F)F)C1=O. The molecule has 3 atom stereocenters. The fourth-order valence-corrected chi connectivity index (χ4v) is 2.54. The van der Waals surface area contributed by atoms with Crippen molar-refractivity contribution in [1.82, 2.24) is 4.90 Å². The van der Waals surface area contributed by atoms with E-state index in [1.54, 1.807) is 6.92 Å². The van der Waals surface area contributed by atoms with Crippen LogP contribution in [0.2, 0.25) is 0 Å². The molecule has 2 rings (SSSR count). The number of hydrogen-bond donors (Lipinski definition) is 1. The summed E-state index contributed by atoms with van der Waals surface area (Å²) in [5.74, 6) is -2.02. The van der Waals surface area contributed by atoms with Gasteiger partial charge in [0.1, 0.15) is 0 Å². The van der Waals surface area contributed by atoms with Crippen LogP contribution in [0.15, 0.2) is 30.3 Å². The molecule has 0 saturated carbocycles. The van der Waals surface area contributed by atoms with Crippen LogP contribution in [-0.4, -0.2) is 34.7 Å². The molecule has 0 bridgehead atoms. The van der Waals surface area contributed by atoms with E-state index in [1.807, 2.05) is 30.3 Å². The normalized spacial score (nSPS) is 22.9. The molecule has 0 aromatic heterocycles. The van der Waals surface area contributed by atoms with Crippen molar-refractivity contribution in [1.29, 1.82) is 0 Å². The molecule has 20 heavy (non-hydrogen) atoms. The second-order valence-electron chi connectivity index (χ2n) is 5.00. The Hall–Kier alpha value is -1.56. The number of hydrogen-bond acceptors (Lipinski definition) is 2. The molecular formula is C14H16F3NO2. The number of aliphatic hydroxyl groups excluding tert-OH is 1. The Labute approximate surface area is 115 Å². The highest BCUT2D eigenvalue weighted by Crippen LogP contribution is 2.35. The number of nitrogens with zero attached hydrogens (tertiary/aromatic N) is 1. The lowest BCUT2D eigenvalue weighted by atomic mass is 10.0. The molecule has 1 fully saturated rings. The number of alkyl halides is 3. The molecule has 1 aromatic carbocycles. The Morgan fingerprint density at radius 1 is 1.30 bits per heavy atom. The highest BCUT2D eigenvalue weighted by Gasteiger charge is 2.50. The highest BCUT2D eigenvalue weighted by molar-refractivity contribution is 5.82. The molecule has 1 aliphatic heterocycles. The number of likely N-dealkylation sites (tertiary alicyclic amines) is 1. The number of carbonyl (C=O) groups excluding carboxylic acids is 1. The average molecular weight is 287 g/mol. The first-order chi connectivity index (χ1) is 9.32. The maximum Gasteiger partial charge on any atom is 0.415 e. The summed E-state index contributed by atoms with van der Waals surface area (Å²) in [4.78, 5) is 13.5. The first-order valence-electron chi connectivity index (χ1n) is 6.42. The standard InChI is InChI=1S/C14H16F3NO2/c1-9(10-5-3-2-4-6-10)18-8-7-11(13(18)20)12(19)14(15,16)17/h2-6,9,11-12,19H,7-8H2,1H3/t9-,11?,12?/m1/s1. The van der Waals surface area contributed by atoms with Crippen LogP contribution in [0.1, 0.15) is 24.9 Å². The zero-order chi connectivity index (χ0) is 14.9. The van der Waals surface area contributed by atoms with Gasteiger partial charge in [-0.15, -0.1) is 0 Å². The zero-order valence-corrected chi connectivity index (χ0v) is 11.0. The van der Waals surface area contributed by atoms with Crippen LogP contribution in [0.25, 0.3) is 0 Å². The lowest BCUT2D eigenvalue weighted by Crippen LogP contribution is -2.41. The van der Waals surface area contributed by atoms with Gasteiger partial charge in [0.2, 0.25) is 5.91 Å². The Bertz CT molecular complexity index is 475. The smallest absolute Gasteiger partial charge is 0.383 e. The quantitative estimate of drug-likeness (QED) is 0.928. The first kappa shape index (κ1) is 14.8. The van der Waals surface area contributed by atoms with E-state index in [4.69, 9.17) is 0 Å². The van der Waals surface area contributed by atoms with E-state index in [0.717, 1.165) is 5.56 Å². The van der Waals surface area contributed by atoms with E-state index in [1.165, 1.54) is 4.90 Å². The third-order valence-electron chi connectivity index (χ3n) is 3.75. The number of rotatable bonds is 3. The van der Waals surface area contributed by atoms with Crippen LogP contribution >= 0.6 is 0 Å². The van der Waals surface area contributed by atoms with Gasteiger partial charge in [0, 0.05) is 6.54 Å². The predicted molar refractivity (Wildman–Crippen MR) is 66.7 cm³/mol. The zero-order valence-electron chi connectivity index (χ0n) is 11.0. The van der Waals surface area contributed by atoms with Gasteiger partial charge >= 0.3 is 6.18 Å². The molecule has 0 spiro atoms. The molecule has 110 valence electrons. The predicted octanol–water partition coefficient (Wildman–Crippen LogP) is 2.52.